The predicted molar refractivity (Wildman–Crippen MR) is 105 cm³/mol. The van der Waals surface area contributed by atoms with Crippen LogP contribution in [0.5, 0.6) is 0 Å². The molecule has 2 aliphatic rings. The maximum atomic E-state index is 6.48. The minimum atomic E-state index is -0.440. The fraction of sp³-hybridized carbons (Fsp3) is 0.450. The summed E-state index contributed by atoms with van der Waals surface area (Å²) in [6, 6.07) is 8.44. The van der Waals surface area contributed by atoms with E-state index in [9.17, 15) is 0 Å². The monoisotopic (exact) mass is 385 g/mol. The molecule has 0 radical (unpaired) electrons. The lowest BCUT2D eigenvalue weighted by Crippen LogP contribution is -2.34. The van der Waals surface area contributed by atoms with Gasteiger partial charge in [0, 0.05) is 11.3 Å². The van der Waals surface area contributed by atoms with Crippen molar-refractivity contribution in [1.82, 2.24) is 19.9 Å². The minimum absolute atomic E-state index is 0. The van der Waals surface area contributed by atoms with E-state index in [0.29, 0.717) is 11.7 Å². The number of fused-ring (bicyclic) bond motifs is 1. The van der Waals surface area contributed by atoms with E-state index in [1.165, 1.54) is 16.8 Å². The van der Waals surface area contributed by atoms with Crippen LogP contribution in [0.25, 0.3) is 17.3 Å². The van der Waals surface area contributed by atoms with Gasteiger partial charge in [-0.25, -0.2) is 4.68 Å². The van der Waals surface area contributed by atoms with Crippen LogP contribution in [0.15, 0.2) is 28.8 Å². The standard InChI is InChI=1S/C20H23N5O.ClH/c1-13-7-9-14(10-8-13)25-16-6-4-5-15(16)17(23-25)18-22-19(24-26-18)20(21)11-2-3-12-20;/h7-10H,2-6,11-12,21H2,1H3;1H. The van der Waals surface area contributed by atoms with Gasteiger partial charge in [-0.15, -0.1) is 12.4 Å². The topological polar surface area (TPSA) is 82.8 Å². The minimum Gasteiger partial charge on any atom is -0.332 e. The van der Waals surface area contributed by atoms with E-state index in [1.807, 2.05) is 4.68 Å². The van der Waals surface area contributed by atoms with Crippen LogP contribution in [0.3, 0.4) is 0 Å². The molecule has 2 aliphatic carbocycles. The molecule has 3 aromatic rings. The molecule has 0 saturated heterocycles. The smallest absolute Gasteiger partial charge is 0.278 e. The molecule has 0 atom stereocenters. The molecular formula is C20H24ClN5O. The summed E-state index contributed by atoms with van der Waals surface area (Å²) in [7, 11) is 0. The first-order valence-corrected chi connectivity index (χ1v) is 9.45. The molecule has 2 N–H and O–H groups in total. The van der Waals surface area contributed by atoms with Crippen LogP contribution in [-0.2, 0) is 18.4 Å². The molecule has 7 heteroatoms. The number of nitrogens with two attached hydrogens (primary N) is 1. The van der Waals surface area contributed by atoms with Gasteiger partial charge < -0.3 is 10.3 Å². The van der Waals surface area contributed by atoms with Crippen molar-refractivity contribution in [2.24, 2.45) is 5.73 Å². The van der Waals surface area contributed by atoms with Crippen LogP contribution >= 0.6 is 12.4 Å². The second kappa shape index (κ2) is 6.77. The lowest BCUT2D eigenvalue weighted by molar-refractivity contribution is 0.372. The highest BCUT2D eigenvalue weighted by Gasteiger charge is 2.37. The highest BCUT2D eigenvalue weighted by Crippen LogP contribution is 2.37. The van der Waals surface area contributed by atoms with Gasteiger partial charge in [-0.1, -0.05) is 35.7 Å². The van der Waals surface area contributed by atoms with E-state index >= 15 is 0 Å². The zero-order chi connectivity index (χ0) is 17.7. The Labute approximate surface area is 164 Å². The summed E-state index contributed by atoms with van der Waals surface area (Å²) in [6.45, 7) is 2.09. The Balaban J connectivity index is 0.00000180. The van der Waals surface area contributed by atoms with Crippen molar-refractivity contribution in [3.05, 3.63) is 46.9 Å². The number of hydrogen-bond donors (Lipinski definition) is 1. The lowest BCUT2D eigenvalue weighted by Gasteiger charge is -2.17. The largest absolute Gasteiger partial charge is 0.332 e. The van der Waals surface area contributed by atoms with Crippen molar-refractivity contribution in [2.75, 3.05) is 0 Å². The van der Waals surface area contributed by atoms with E-state index in [4.69, 9.17) is 15.4 Å². The summed E-state index contributed by atoms with van der Waals surface area (Å²) in [5.41, 5.74) is 11.7. The van der Waals surface area contributed by atoms with Crippen molar-refractivity contribution < 1.29 is 4.52 Å². The van der Waals surface area contributed by atoms with Crippen LogP contribution in [-0.4, -0.2) is 19.9 Å². The van der Waals surface area contributed by atoms with Gasteiger partial charge in [0.2, 0.25) is 0 Å². The molecule has 27 heavy (non-hydrogen) atoms. The van der Waals surface area contributed by atoms with E-state index < -0.39 is 5.54 Å². The first kappa shape index (κ1) is 18.2. The molecule has 1 saturated carbocycles. The molecule has 1 fully saturated rings. The van der Waals surface area contributed by atoms with Crippen LogP contribution in [0, 0.1) is 6.92 Å². The van der Waals surface area contributed by atoms with Crippen LogP contribution in [0.4, 0.5) is 0 Å². The third-order valence-electron chi connectivity index (χ3n) is 5.78. The zero-order valence-corrected chi connectivity index (χ0v) is 16.3. The molecule has 6 nitrogen and oxygen atoms in total. The van der Waals surface area contributed by atoms with Crippen molar-refractivity contribution in [3.63, 3.8) is 0 Å². The Bertz CT molecular complexity index is 953. The quantitative estimate of drug-likeness (QED) is 0.739. The number of hydrogen-bond acceptors (Lipinski definition) is 5. The summed E-state index contributed by atoms with van der Waals surface area (Å²) in [6.07, 6.45) is 7.24. The molecule has 142 valence electrons. The molecule has 5 rings (SSSR count). The van der Waals surface area contributed by atoms with E-state index in [0.717, 1.165) is 56.3 Å². The Kier molecular flexibility index (Phi) is 4.56. The van der Waals surface area contributed by atoms with Crippen LogP contribution in [0.1, 0.15) is 54.7 Å². The fourth-order valence-corrected chi connectivity index (χ4v) is 4.26. The lowest BCUT2D eigenvalue weighted by atomic mass is 9.99. The summed E-state index contributed by atoms with van der Waals surface area (Å²) >= 11 is 0. The van der Waals surface area contributed by atoms with E-state index in [2.05, 4.69) is 41.3 Å². The number of rotatable bonds is 3. The Morgan fingerprint density at radius 2 is 1.81 bits per heavy atom. The van der Waals surface area contributed by atoms with Gasteiger partial charge in [-0.2, -0.15) is 10.1 Å². The summed E-state index contributed by atoms with van der Waals surface area (Å²) in [5.74, 6) is 1.13. The van der Waals surface area contributed by atoms with Gasteiger partial charge in [0.15, 0.2) is 11.5 Å². The van der Waals surface area contributed by atoms with Crippen LogP contribution < -0.4 is 5.73 Å². The van der Waals surface area contributed by atoms with Gasteiger partial charge in [-0.05, 0) is 51.2 Å². The third kappa shape index (κ3) is 2.97. The second-order valence-electron chi connectivity index (χ2n) is 7.66. The number of nitrogens with zero attached hydrogens (tertiary/aromatic N) is 4. The van der Waals surface area contributed by atoms with Crippen molar-refractivity contribution in [1.29, 1.82) is 0 Å². The second-order valence-corrected chi connectivity index (χ2v) is 7.66. The summed E-state index contributed by atoms with van der Waals surface area (Å²) in [4.78, 5) is 4.65. The molecule has 2 heterocycles. The Morgan fingerprint density at radius 1 is 1.07 bits per heavy atom. The van der Waals surface area contributed by atoms with Crippen LogP contribution in [0.2, 0.25) is 0 Å². The molecule has 0 amide bonds. The molecule has 1 aromatic carbocycles. The van der Waals surface area contributed by atoms with Crippen molar-refractivity contribution >= 4 is 12.4 Å². The van der Waals surface area contributed by atoms with Gasteiger partial charge in [0.1, 0.15) is 0 Å². The first-order chi connectivity index (χ1) is 12.6. The van der Waals surface area contributed by atoms with E-state index in [1.54, 1.807) is 0 Å². The number of benzene rings is 1. The average molecular weight is 386 g/mol. The Hall–Kier alpha value is -2.18. The van der Waals surface area contributed by atoms with Gasteiger partial charge in [0.25, 0.3) is 5.89 Å². The van der Waals surface area contributed by atoms with Gasteiger partial charge in [0.05, 0.1) is 11.2 Å². The maximum absolute atomic E-state index is 6.48. The predicted octanol–water partition coefficient (Wildman–Crippen LogP) is 3.87. The number of halogens is 1. The molecular weight excluding hydrogens is 362 g/mol. The molecule has 0 spiro atoms. The van der Waals surface area contributed by atoms with E-state index in [-0.39, 0.29) is 12.4 Å². The van der Waals surface area contributed by atoms with Crippen molar-refractivity contribution in [2.45, 2.75) is 57.4 Å². The average Bonchev–Trinajstić information content (AvgIpc) is 3.40. The fourth-order valence-electron chi connectivity index (χ4n) is 4.26. The van der Waals surface area contributed by atoms with Gasteiger partial charge >= 0.3 is 0 Å². The van der Waals surface area contributed by atoms with Crippen molar-refractivity contribution in [3.8, 4) is 17.3 Å². The first-order valence-electron chi connectivity index (χ1n) is 9.45. The maximum Gasteiger partial charge on any atom is 0.278 e. The molecule has 0 bridgehead atoms. The molecule has 0 unspecified atom stereocenters. The number of aryl methyl sites for hydroxylation is 1. The zero-order valence-electron chi connectivity index (χ0n) is 15.4. The highest BCUT2D eigenvalue weighted by atomic mass is 35.5. The third-order valence-corrected chi connectivity index (χ3v) is 5.78. The number of aromatic nitrogens is 4. The Morgan fingerprint density at radius 3 is 2.56 bits per heavy atom. The highest BCUT2D eigenvalue weighted by molar-refractivity contribution is 5.85. The molecule has 2 aromatic heterocycles. The summed E-state index contributed by atoms with van der Waals surface area (Å²) in [5, 5.41) is 9.05. The SMILES string of the molecule is Cc1ccc(-n2nc(-c3nc(C4(N)CCCC4)no3)c3c2CCC3)cc1.Cl. The normalized spacial score (nSPS) is 17.7. The summed E-state index contributed by atoms with van der Waals surface area (Å²) < 4.78 is 7.64. The van der Waals surface area contributed by atoms with Gasteiger partial charge in [-0.3, -0.25) is 0 Å². The molecule has 0 aliphatic heterocycles.